The summed E-state index contributed by atoms with van der Waals surface area (Å²) in [6.45, 7) is 5.57. The number of aliphatic imine (C=N–C) groups is 1. The van der Waals surface area contributed by atoms with Gasteiger partial charge >= 0.3 is 12.2 Å². The molecule has 0 saturated heterocycles. The van der Waals surface area contributed by atoms with E-state index in [0.717, 1.165) is 50.1 Å². The number of allylic oxidation sites excluding steroid dienone is 1. The summed E-state index contributed by atoms with van der Waals surface area (Å²) in [6, 6.07) is 23.4. The Morgan fingerprint density at radius 3 is 1.65 bits per heavy atom. The number of likely N-dealkylation sites (N-methyl/N-ethyl adjacent to an activating group) is 2. The second-order valence-electron chi connectivity index (χ2n) is 14.2. The summed E-state index contributed by atoms with van der Waals surface area (Å²) in [5, 5.41) is 24.1. The molecule has 422 valence electrons. The molecule has 1 aliphatic rings. The molecule has 0 unspecified atom stereocenters. The topological polar surface area (TPSA) is 270 Å². The Hall–Kier alpha value is -7.45. The van der Waals surface area contributed by atoms with E-state index in [9.17, 15) is 23.2 Å². The zero-order valence-corrected chi connectivity index (χ0v) is 46.7. The summed E-state index contributed by atoms with van der Waals surface area (Å²) in [6.07, 6.45) is 12.5. The maximum atomic E-state index is 12.1. The standard InChI is InChI=1S/C9H12N2O2.C8H12N2.C7H10N2.C6H12F2N2O.C6H10N2.C5H7N3.C3H8N2O.C3H7NO2.C3H9N/c1-11(9(12)13-2)7-8-5-3-4-6-10-8;1-9-10(2)8-6-4-3-5-7-8;1-8-6-7-4-2-3-5-9-7;1-6(7,8)4-10-5(11)3-9-2;1-7-5-6-3-2-4-8-6;1-6-5-7-3-2-4-8-5;1-4-5-3-6-2;1-4-3(5)6-2;1-3-4-2/h3-6H,7H2,1-2H3;3-7,9H,1-2H3;2-5,8H,6H2,1H3;9H,3-4H2,1-2H3,(H,10,11);3-4,7H,2,5H2,1H3;2-4H,1H3,(H,6,7,8);3-4H,1-2H3;1-2H3,(H,4,5);4H,3H2,1-2H3/b;;;;;;5-3+;;. The number of rotatable bonds is 16. The number of nitrogens with zero attached hydrogens (tertiary/aromatic N) is 8. The van der Waals surface area contributed by atoms with Crippen molar-refractivity contribution >= 4 is 42.3 Å². The number of hydrazine groups is 1. The molecular weight excluding hydrogens is 973 g/mol. The fraction of sp³-hybridized carbons (Fsp3) is 0.460. The van der Waals surface area contributed by atoms with E-state index < -0.39 is 24.5 Å². The second kappa shape index (κ2) is 54.3. The van der Waals surface area contributed by atoms with Gasteiger partial charge in [-0.2, -0.15) is 5.10 Å². The van der Waals surface area contributed by atoms with Gasteiger partial charge in [-0.15, -0.1) is 0 Å². The number of pyridine rings is 2. The number of ether oxygens (including phenoxy) is 3. The molecule has 0 fully saturated rings. The third-order valence-electron chi connectivity index (χ3n) is 8.00. The van der Waals surface area contributed by atoms with E-state index >= 15 is 0 Å². The molecule has 3 aromatic heterocycles. The van der Waals surface area contributed by atoms with Gasteiger partial charge in [0, 0.05) is 99.7 Å². The number of amides is 3. The van der Waals surface area contributed by atoms with Gasteiger partial charge in [0.15, 0.2) is 6.40 Å². The molecule has 23 nitrogen and oxygen atoms in total. The number of benzene rings is 1. The number of nitrogens with one attached hydrogen (secondary N) is 9. The molecule has 0 aliphatic carbocycles. The average Bonchev–Trinajstić information content (AvgIpc) is 3.97. The first kappa shape index (κ1) is 74.1. The molecular formula is C50H87F2N17O6. The number of alkyl halides is 2. The third kappa shape index (κ3) is 52.7. The van der Waals surface area contributed by atoms with Gasteiger partial charge in [-0.05, 0) is 77.2 Å². The van der Waals surface area contributed by atoms with Crippen molar-refractivity contribution in [2.24, 2.45) is 10.1 Å². The monoisotopic (exact) mass is 1060 g/mol. The average molecular weight is 1060 g/mol. The van der Waals surface area contributed by atoms with Gasteiger partial charge in [0.1, 0.15) is 0 Å². The van der Waals surface area contributed by atoms with Crippen molar-refractivity contribution in [3.8, 4) is 0 Å². The van der Waals surface area contributed by atoms with E-state index in [1.165, 1.54) is 38.3 Å². The molecule has 25 heteroatoms. The number of aromatic nitrogens is 4. The van der Waals surface area contributed by atoms with Gasteiger partial charge in [-0.25, -0.2) is 33.8 Å². The van der Waals surface area contributed by atoms with Crippen LogP contribution in [0.5, 0.6) is 0 Å². The van der Waals surface area contributed by atoms with Crippen LogP contribution in [-0.2, 0) is 32.1 Å². The highest BCUT2D eigenvalue weighted by Gasteiger charge is 2.21. The van der Waals surface area contributed by atoms with Crippen molar-refractivity contribution in [2.75, 3.05) is 128 Å². The summed E-state index contributed by atoms with van der Waals surface area (Å²) in [5.74, 6) is -2.59. The van der Waals surface area contributed by atoms with Crippen LogP contribution in [-0.4, -0.2) is 179 Å². The number of para-hydroxylation sites is 1. The van der Waals surface area contributed by atoms with Crippen LogP contribution < -0.4 is 53.1 Å². The first-order chi connectivity index (χ1) is 36.0. The number of hydrogen-bond acceptors (Lipinski definition) is 20. The fourth-order valence-electron chi connectivity index (χ4n) is 4.24. The molecule has 4 aromatic rings. The first-order valence-electron chi connectivity index (χ1n) is 23.4. The zero-order valence-electron chi connectivity index (χ0n) is 46.7. The number of halogens is 2. The van der Waals surface area contributed by atoms with E-state index in [1.807, 2.05) is 101 Å². The van der Waals surface area contributed by atoms with Crippen molar-refractivity contribution < 1.29 is 37.4 Å². The quantitative estimate of drug-likeness (QED) is 0.0428. The number of anilines is 2. The van der Waals surface area contributed by atoms with Gasteiger partial charge in [-0.3, -0.25) is 19.8 Å². The van der Waals surface area contributed by atoms with Gasteiger partial charge in [-0.1, -0.05) is 43.3 Å². The van der Waals surface area contributed by atoms with Crippen molar-refractivity contribution in [3.63, 3.8) is 0 Å². The Balaban J connectivity index is -0.000000384. The normalized spacial score (nSPS) is 10.1. The minimum Gasteiger partial charge on any atom is -0.485 e. The zero-order chi connectivity index (χ0) is 57.4. The van der Waals surface area contributed by atoms with Crippen LogP contribution in [0.3, 0.4) is 0 Å². The minimum atomic E-state index is -2.83. The van der Waals surface area contributed by atoms with Crippen molar-refractivity contribution in [2.45, 2.75) is 39.3 Å². The lowest BCUT2D eigenvalue weighted by atomic mass is 10.3. The number of alkyl carbamates (subject to hydrolysis) is 1. The molecule has 3 amide bonds. The summed E-state index contributed by atoms with van der Waals surface area (Å²) < 4.78 is 37.3. The van der Waals surface area contributed by atoms with Crippen LogP contribution in [0.1, 0.15) is 31.7 Å². The van der Waals surface area contributed by atoms with Gasteiger partial charge in [0.2, 0.25) is 11.9 Å². The summed E-state index contributed by atoms with van der Waals surface area (Å²) in [4.78, 5) is 52.9. The van der Waals surface area contributed by atoms with Crippen LogP contribution in [0, 0.1) is 0 Å². The predicted molar refractivity (Wildman–Crippen MR) is 299 cm³/mol. The van der Waals surface area contributed by atoms with E-state index in [2.05, 4.69) is 117 Å². The van der Waals surface area contributed by atoms with Crippen LogP contribution in [0.2, 0.25) is 0 Å². The lowest BCUT2D eigenvalue weighted by Crippen LogP contribution is -2.38. The van der Waals surface area contributed by atoms with E-state index in [-0.39, 0.29) is 12.6 Å². The van der Waals surface area contributed by atoms with Gasteiger partial charge in [0.25, 0.3) is 5.92 Å². The lowest BCUT2D eigenvalue weighted by Gasteiger charge is -2.16. The highest BCUT2D eigenvalue weighted by Crippen LogP contribution is 2.09. The first-order valence-corrected chi connectivity index (χ1v) is 23.4. The molecule has 1 aromatic carbocycles. The van der Waals surface area contributed by atoms with Crippen LogP contribution in [0.15, 0.2) is 119 Å². The Morgan fingerprint density at radius 2 is 1.29 bits per heavy atom. The summed E-state index contributed by atoms with van der Waals surface area (Å²) in [5.41, 5.74) is 9.78. The van der Waals surface area contributed by atoms with Crippen LogP contribution in [0.4, 0.5) is 30.0 Å². The number of methoxy groups -OCH3 is 3. The molecule has 9 N–H and O–H groups in total. The Labute approximate surface area is 444 Å². The maximum Gasteiger partial charge on any atom is 0.409 e. The fourth-order valence-corrected chi connectivity index (χ4v) is 4.24. The molecule has 4 heterocycles. The summed E-state index contributed by atoms with van der Waals surface area (Å²) in [7, 11) is 22.1. The molecule has 0 bridgehead atoms. The number of hydrogen-bond donors (Lipinski definition) is 9. The second-order valence-corrected chi connectivity index (χ2v) is 14.2. The number of hydrazone groups is 1. The molecule has 0 saturated carbocycles. The number of carbonyl (C=O) groups excluding carboxylic acids is 3. The molecule has 1 aliphatic heterocycles. The molecule has 5 rings (SSSR count). The Kier molecular flexibility index (Phi) is 53.7. The summed E-state index contributed by atoms with van der Waals surface area (Å²) >= 11 is 0. The van der Waals surface area contributed by atoms with E-state index in [4.69, 9.17) is 0 Å². The van der Waals surface area contributed by atoms with Gasteiger partial charge in [0.05, 0.1) is 63.7 Å². The lowest BCUT2D eigenvalue weighted by molar-refractivity contribution is -0.121. The van der Waals surface area contributed by atoms with Crippen molar-refractivity contribution in [1.29, 1.82) is 0 Å². The minimum absolute atomic E-state index is 0.0656. The SMILES string of the molecule is CCNC.CN/N=C/OC.CNC(=O)OC.CNCC(=O)NCC(C)(F)F.CNCC1=CCC=N1.CNCc1ccccn1.CNN(C)c1ccccc1.CNc1ncccn1.COC(=O)N(C)Cc1ccccn1. The third-order valence-corrected chi connectivity index (χ3v) is 8.00. The highest BCUT2D eigenvalue weighted by atomic mass is 19.3. The maximum absolute atomic E-state index is 12.1. The van der Waals surface area contributed by atoms with Crippen LogP contribution in [0.25, 0.3) is 0 Å². The van der Waals surface area contributed by atoms with E-state index in [1.54, 1.807) is 66.2 Å². The van der Waals surface area contributed by atoms with Crippen LogP contribution >= 0.6 is 0 Å². The predicted octanol–water partition coefficient (Wildman–Crippen LogP) is 4.39. The van der Waals surface area contributed by atoms with Crippen molar-refractivity contribution in [1.82, 2.24) is 67.6 Å². The van der Waals surface area contributed by atoms with Crippen molar-refractivity contribution in [3.05, 3.63) is 121 Å². The largest absolute Gasteiger partial charge is 0.485 e. The smallest absolute Gasteiger partial charge is 0.409 e. The number of carbonyl (C=O) groups is 3. The Bertz CT molecular complexity index is 1960. The molecule has 0 atom stereocenters. The van der Waals surface area contributed by atoms with Gasteiger partial charge < -0.3 is 66.8 Å². The molecule has 75 heavy (non-hydrogen) atoms. The Morgan fingerprint density at radius 1 is 0.733 bits per heavy atom. The highest BCUT2D eigenvalue weighted by molar-refractivity contribution is 5.78. The molecule has 0 radical (unpaired) electrons. The molecule has 0 spiro atoms. The van der Waals surface area contributed by atoms with E-state index in [0.29, 0.717) is 12.5 Å².